The number of fused-ring (bicyclic) bond motifs is 1. The van der Waals surface area contributed by atoms with Gasteiger partial charge in [0.15, 0.2) is 17.3 Å². The monoisotopic (exact) mass is 620 g/mol. The molecule has 5 aromatic rings. The van der Waals surface area contributed by atoms with Gasteiger partial charge < -0.3 is 14.2 Å². The lowest BCUT2D eigenvalue weighted by Crippen LogP contribution is -2.20. The van der Waals surface area contributed by atoms with Crippen LogP contribution in [0.2, 0.25) is 5.02 Å². The number of aryl methyl sites for hydroxylation is 1. The Morgan fingerprint density at radius 2 is 1.80 bits per heavy atom. The van der Waals surface area contributed by atoms with Crippen LogP contribution in [0.3, 0.4) is 0 Å². The highest BCUT2D eigenvalue weighted by Crippen LogP contribution is 2.37. The zero-order valence-corrected chi connectivity index (χ0v) is 26.6. The van der Waals surface area contributed by atoms with Gasteiger partial charge in [-0.3, -0.25) is 4.79 Å². The molecule has 0 atom stereocenters. The smallest absolute Gasteiger partial charge is 0.282 e. The van der Waals surface area contributed by atoms with Gasteiger partial charge in [-0.2, -0.15) is 15.0 Å². The van der Waals surface area contributed by atoms with Gasteiger partial charge in [0, 0.05) is 11.1 Å². The van der Waals surface area contributed by atoms with Crippen LogP contribution in [0.5, 0.6) is 17.2 Å². The van der Waals surface area contributed by atoms with Gasteiger partial charge in [-0.15, -0.1) is 0 Å². The largest absolute Gasteiger partial charge is 0.496 e. The highest BCUT2D eigenvalue weighted by molar-refractivity contribution is 6.32. The van der Waals surface area contributed by atoms with E-state index in [4.69, 9.17) is 30.8 Å². The van der Waals surface area contributed by atoms with Gasteiger partial charge in [0.1, 0.15) is 12.4 Å². The molecule has 0 spiro atoms. The number of para-hydroxylation sites is 1. The van der Waals surface area contributed by atoms with Crippen molar-refractivity contribution in [1.29, 1.82) is 5.26 Å². The molecule has 0 bridgehead atoms. The molecule has 0 unspecified atom stereocenters. The molecule has 9 heteroatoms. The summed E-state index contributed by atoms with van der Waals surface area (Å²) in [4.78, 5) is 18.7. The maximum absolute atomic E-state index is 13.9. The number of hydrogen-bond donors (Lipinski definition) is 0. The second-order valence-corrected chi connectivity index (χ2v) is 11.1. The second-order valence-electron chi connectivity index (χ2n) is 10.7. The Hall–Kier alpha value is -5.13. The predicted octanol–water partition coefficient (Wildman–Crippen LogP) is 7.89. The third-order valence-corrected chi connectivity index (χ3v) is 7.64. The molecule has 0 saturated carbocycles. The average Bonchev–Trinajstić information content (AvgIpc) is 3.04. The van der Waals surface area contributed by atoms with Gasteiger partial charge in [-0.05, 0) is 78.9 Å². The summed E-state index contributed by atoms with van der Waals surface area (Å²) in [5, 5.41) is 14.8. The lowest BCUT2D eigenvalue weighted by Gasteiger charge is -2.17. The first-order chi connectivity index (χ1) is 21.7. The van der Waals surface area contributed by atoms with Crippen LogP contribution in [0.1, 0.15) is 54.5 Å². The first kappa shape index (κ1) is 31.3. The molecule has 5 rings (SSSR count). The van der Waals surface area contributed by atoms with Gasteiger partial charge in [0.25, 0.3) is 5.56 Å². The van der Waals surface area contributed by atoms with Crippen molar-refractivity contribution >= 4 is 28.7 Å². The van der Waals surface area contributed by atoms with Crippen LogP contribution in [0.15, 0.2) is 82.7 Å². The standard InChI is InChI=1S/C36H33ClN4O4/c1-6-44-33-17-24(16-30(37)34(33)45-21-26-12-8-7-11-25(26)19-38)20-39-41-35(40-31-14-10-9-13-27(31)36(41)42)29-18-28(22(2)3)32(43-5)15-23(29)4/h7-18,20,22H,6,21H2,1-5H3. The SMILES string of the molecule is CCOc1cc(C=Nn2c(-c3cc(C(C)C)c(OC)cc3C)nc3ccccc3c2=O)cc(Cl)c1OCc1ccccc1C#N. The Balaban J connectivity index is 1.60. The van der Waals surface area contributed by atoms with Crippen molar-refractivity contribution in [2.24, 2.45) is 5.10 Å². The van der Waals surface area contributed by atoms with E-state index >= 15 is 0 Å². The van der Waals surface area contributed by atoms with Crippen molar-refractivity contribution in [2.75, 3.05) is 13.7 Å². The Kier molecular flexibility index (Phi) is 9.50. The molecular formula is C36H33ClN4O4. The molecule has 0 aliphatic carbocycles. The maximum atomic E-state index is 13.9. The number of nitriles is 1. The molecule has 1 heterocycles. The third-order valence-electron chi connectivity index (χ3n) is 7.36. The van der Waals surface area contributed by atoms with E-state index in [9.17, 15) is 10.1 Å². The number of benzene rings is 4. The first-order valence-electron chi connectivity index (χ1n) is 14.6. The van der Waals surface area contributed by atoms with E-state index in [1.807, 2.05) is 50.2 Å². The van der Waals surface area contributed by atoms with Crippen molar-refractivity contribution in [1.82, 2.24) is 9.66 Å². The topological polar surface area (TPSA) is 98.7 Å². The molecule has 45 heavy (non-hydrogen) atoms. The molecule has 0 N–H and O–H groups in total. The van der Waals surface area contributed by atoms with E-state index in [1.54, 1.807) is 49.7 Å². The van der Waals surface area contributed by atoms with E-state index in [-0.39, 0.29) is 18.1 Å². The summed E-state index contributed by atoms with van der Waals surface area (Å²) in [6, 6.07) is 24.0. The molecule has 228 valence electrons. The fourth-order valence-corrected chi connectivity index (χ4v) is 5.34. The van der Waals surface area contributed by atoms with E-state index < -0.39 is 0 Å². The van der Waals surface area contributed by atoms with E-state index in [0.717, 1.165) is 28.0 Å². The van der Waals surface area contributed by atoms with E-state index in [0.29, 0.717) is 51.0 Å². The van der Waals surface area contributed by atoms with Gasteiger partial charge >= 0.3 is 0 Å². The molecule has 0 amide bonds. The normalized spacial score (nSPS) is 11.2. The predicted molar refractivity (Wildman–Crippen MR) is 178 cm³/mol. The van der Waals surface area contributed by atoms with Crippen LogP contribution in [0.4, 0.5) is 0 Å². The molecule has 4 aromatic carbocycles. The van der Waals surface area contributed by atoms with Gasteiger partial charge in [0.05, 0.1) is 47.5 Å². The Morgan fingerprint density at radius 1 is 1.04 bits per heavy atom. The molecule has 0 fully saturated rings. The number of halogens is 1. The number of aromatic nitrogens is 2. The summed E-state index contributed by atoms with van der Waals surface area (Å²) in [5.41, 5.74) is 4.78. The van der Waals surface area contributed by atoms with Crippen molar-refractivity contribution in [3.8, 4) is 34.7 Å². The Morgan fingerprint density at radius 3 is 2.53 bits per heavy atom. The summed E-state index contributed by atoms with van der Waals surface area (Å²) >= 11 is 6.70. The maximum Gasteiger partial charge on any atom is 0.282 e. The van der Waals surface area contributed by atoms with Crippen molar-refractivity contribution < 1.29 is 14.2 Å². The fourth-order valence-electron chi connectivity index (χ4n) is 5.07. The minimum atomic E-state index is -0.305. The lowest BCUT2D eigenvalue weighted by atomic mass is 9.96. The molecule has 0 radical (unpaired) electrons. The number of hydrogen-bond acceptors (Lipinski definition) is 7. The molecule has 0 saturated heterocycles. The zero-order valence-electron chi connectivity index (χ0n) is 25.8. The van der Waals surface area contributed by atoms with Crippen LogP contribution in [-0.2, 0) is 6.61 Å². The van der Waals surface area contributed by atoms with Gasteiger partial charge in [-0.1, -0.05) is 55.8 Å². The van der Waals surface area contributed by atoms with Crippen LogP contribution < -0.4 is 19.8 Å². The third kappa shape index (κ3) is 6.54. The highest BCUT2D eigenvalue weighted by atomic mass is 35.5. The fraction of sp³-hybridized carbons (Fsp3) is 0.222. The van der Waals surface area contributed by atoms with Crippen LogP contribution in [-0.4, -0.2) is 29.6 Å². The number of ether oxygens (including phenoxy) is 3. The average molecular weight is 621 g/mol. The van der Waals surface area contributed by atoms with Crippen molar-refractivity contribution in [2.45, 2.75) is 40.2 Å². The quantitative estimate of drug-likeness (QED) is 0.147. The minimum Gasteiger partial charge on any atom is -0.496 e. The van der Waals surface area contributed by atoms with Crippen molar-refractivity contribution in [3.63, 3.8) is 0 Å². The summed E-state index contributed by atoms with van der Waals surface area (Å²) in [6.45, 7) is 8.50. The summed E-state index contributed by atoms with van der Waals surface area (Å²) in [6.07, 6.45) is 1.55. The molecular weight excluding hydrogens is 588 g/mol. The molecule has 8 nitrogen and oxygen atoms in total. The van der Waals surface area contributed by atoms with E-state index in [1.165, 1.54) is 4.68 Å². The lowest BCUT2D eigenvalue weighted by molar-refractivity contribution is 0.269. The molecule has 0 aliphatic rings. The summed E-state index contributed by atoms with van der Waals surface area (Å²) in [7, 11) is 1.65. The number of nitrogens with zero attached hydrogens (tertiary/aromatic N) is 4. The zero-order chi connectivity index (χ0) is 32.1. The van der Waals surface area contributed by atoms with Crippen LogP contribution >= 0.6 is 11.6 Å². The summed E-state index contributed by atoms with van der Waals surface area (Å²) < 4.78 is 18.9. The molecule has 1 aromatic heterocycles. The first-order valence-corrected chi connectivity index (χ1v) is 15.0. The van der Waals surface area contributed by atoms with Crippen LogP contribution in [0.25, 0.3) is 22.3 Å². The Labute approximate surface area is 267 Å². The minimum absolute atomic E-state index is 0.137. The number of rotatable bonds is 10. The second kappa shape index (κ2) is 13.7. The highest BCUT2D eigenvalue weighted by Gasteiger charge is 2.19. The Bertz CT molecular complexity index is 2010. The van der Waals surface area contributed by atoms with Gasteiger partial charge in [-0.25, -0.2) is 4.98 Å². The van der Waals surface area contributed by atoms with Crippen LogP contribution in [0, 0.1) is 18.3 Å². The van der Waals surface area contributed by atoms with E-state index in [2.05, 4.69) is 25.0 Å². The summed E-state index contributed by atoms with van der Waals surface area (Å²) in [5.74, 6) is 2.13. The van der Waals surface area contributed by atoms with Gasteiger partial charge in [0.2, 0.25) is 0 Å². The molecule has 0 aliphatic heterocycles. The number of methoxy groups -OCH3 is 1. The van der Waals surface area contributed by atoms with Crippen molar-refractivity contribution in [3.05, 3.63) is 116 Å².